The Hall–Kier alpha value is -2.02. The molecule has 1 aliphatic heterocycles. The Kier molecular flexibility index (Phi) is 3.13. The van der Waals surface area contributed by atoms with Gasteiger partial charge in [0.15, 0.2) is 10.9 Å². The van der Waals surface area contributed by atoms with E-state index in [-0.39, 0.29) is 16.6 Å². The molecule has 1 unspecified atom stereocenters. The quantitative estimate of drug-likeness (QED) is 0.575. The van der Waals surface area contributed by atoms with Gasteiger partial charge in [0, 0.05) is 6.54 Å². The number of nitrogen functional groups attached to an aromatic ring is 1. The Morgan fingerprint density at radius 1 is 1.40 bits per heavy atom. The minimum absolute atomic E-state index is 0.117. The minimum atomic E-state index is -0.261. The topological polar surface area (TPSA) is 87.0 Å². The Labute approximate surface area is 124 Å². The van der Waals surface area contributed by atoms with Crippen LogP contribution in [0.1, 0.15) is 11.1 Å². The highest BCUT2D eigenvalue weighted by molar-refractivity contribution is 9.09. The fourth-order valence-electron chi connectivity index (χ4n) is 2.17. The van der Waals surface area contributed by atoms with Crippen LogP contribution in [-0.4, -0.2) is 15.0 Å². The molecule has 0 fully saturated rings. The van der Waals surface area contributed by atoms with Crippen LogP contribution in [0.15, 0.2) is 29.1 Å². The molecule has 0 spiro atoms. The monoisotopic (exact) mass is 335 g/mol. The largest absolute Gasteiger partial charge is 0.369 e. The molecule has 1 aromatic heterocycles. The van der Waals surface area contributed by atoms with E-state index in [1.165, 1.54) is 5.56 Å². The van der Waals surface area contributed by atoms with Crippen LogP contribution in [0.2, 0.25) is 0 Å². The van der Waals surface area contributed by atoms with Crippen LogP contribution in [0, 0.1) is 6.92 Å². The zero-order valence-electron chi connectivity index (χ0n) is 10.9. The van der Waals surface area contributed by atoms with Crippen molar-refractivity contribution < 1.29 is 0 Å². The van der Waals surface area contributed by atoms with Crippen molar-refractivity contribution in [3.8, 4) is 0 Å². The average Bonchev–Trinajstić information content (AvgIpc) is 2.70. The second-order valence-corrected chi connectivity index (χ2v) is 5.61. The van der Waals surface area contributed by atoms with Gasteiger partial charge >= 0.3 is 0 Å². The van der Waals surface area contributed by atoms with Crippen molar-refractivity contribution in [1.29, 1.82) is 0 Å². The van der Waals surface area contributed by atoms with E-state index in [0.29, 0.717) is 18.1 Å². The lowest BCUT2D eigenvalue weighted by atomic mass is 10.1. The van der Waals surface area contributed by atoms with E-state index < -0.39 is 0 Å². The first-order valence-electron chi connectivity index (χ1n) is 6.17. The van der Waals surface area contributed by atoms with Gasteiger partial charge in [0.05, 0.1) is 0 Å². The Morgan fingerprint density at radius 3 is 2.80 bits per heavy atom. The normalized spacial score (nSPS) is 16.9. The van der Waals surface area contributed by atoms with Gasteiger partial charge in [0.25, 0.3) is 5.56 Å². The first kappa shape index (κ1) is 13.0. The summed E-state index contributed by atoms with van der Waals surface area (Å²) in [5.74, 6) is 0.680. The molecule has 1 aromatic carbocycles. The Balaban J connectivity index is 1.96. The van der Waals surface area contributed by atoms with E-state index in [0.717, 1.165) is 5.56 Å². The maximum atomic E-state index is 11.8. The molecule has 1 atom stereocenters. The van der Waals surface area contributed by atoms with Crippen LogP contribution in [0.5, 0.6) is 0 Å². The van der Waals surface area contributed by atoms with Crippen LogP contribution in [0.25, 0.3) is 0 Å². The van der Waals surface area contributed by atoms with Gasteiger partial charge in [-0.1, -0.05) is 29.8 Å². The second-order valence-electron chi connectivity index (χ2n) is 4.74. The molecule has 2 aromatic rings. The lowest BCUT2D eigenvalue weighted by molar-refractivity contribution is 0.829. The maximum Gasteiger partial charge on any atom is 0.277 e. The number of hydrogen-bond acceptors (Lipinski definition) is 5. The van der Waals surface area contributed by atoms with E-state index in [1.807, 2.05) is 11.8 Å². The zero-order valence-corrected chi connectivity index (χ0v) is 12.4. The number of rotatable bonds is 2. The van der Waals surface area contributed by atoms with E-state index in [1.54, 1.807) is 0 Å². The molecule has 3 rings (SSSR count). The fraction of sp³-hybridized carbons (Fsp3) is 0.231. The summed E-state index contributed by atoms with van der Waals surface area (Å²) in [4.78, 5) is 20.5. The zero-order chi connectivity index (χ0) is 14.3. The molecule has 4 N–H and O–H groups in total. The number of benzene rings is 1. The van der Waals surface area contributed by atoms with Crippen LogP contribution in [0.4, 0.5) is 17.5 Å². The number of alkyl halides is 1. The molecule has 6 nitrogen and oxygen atoms in total. The molecule has 0 saturated carbocycles. The van der Waals surface area contributed by atoms with Gasteiger partial charge in [-0.25, -0.2) is 0 Å². The highest BCUT2D eigenvalue weighted by Gasteiger charge is 2.30. The molecule has 1 aliphatic rings. The highest BCUT2D eigenvalue weighted by atomic mass is 79.9. The number of aromatic nitrogens is 2. The Morgan fingerprint density at radius 2 is 2.10 bits per heavy atom. The average molecular weight is 336 g/mol. The summed E-state index contributed by atoms with van der Waals surface area (Å²) in [6, 6.07) is 8.23. The molecule has 0 aliphatic carbocycles. The first-order chi connectivity index (χ1) is 9.54. The third-order valence-electron chi connectivity index (χ3n) is 3.20. The fourth-order valence-corrected chi connectivity index (χ4v) is 2.73. The van der Waals surface area contributed by atoms with Gasteiger partial charge in [-0.2, -0.15) is 4.98 Å². The summed E-state index contributed by atoms with van der Waals surface area (Å²) in [6.07, 6.45) is 0. The summed E-state index contributed by atoms with van der Waals surface area (Å²) in [5, 5.41) is 2.87. The highest BCUT2D eigenvalue weighted by Crippen LogP contribution is 2.33. The summed E-state index contributed by atoms with van der Waals surface area (Å²) < 4.78 is 0. The number of hydrogen-bond donors (Lipinski definition) is 3. The molecule has 0 saturated heterocycles. The van der Waals surface area contributed by atoms with E-state index in [9.17, 15) is 4.79 Å². The molecule has 2 heterocycles. The number of fused-ring (bicyclic) bond motifs is 1. The van der Waals surface area contributed by atoms with Gasteiger partial charge in [-0.05, 0) is 28.4 Å². The maximum absolute atomic E-state index is 11.8. The number of halogens is 1. The predicted octanol–water partition coefficient (Wildman–Crippen LogP) is 1.77. The van der Waals surface area contributed by atoms with Crippen molar-refractivity contribution in [1.82, 2.24) is 9.97 Å². The number of nitrogens with two attached hydrogens (primary N) is 1. The molecule has 7 heteroatoms. The van der Waals surface area contributed by atoms with Crippen molar-refractivity contribution in [2.75, 3.05) is 16.0 Å². The lowest BCUT2D eigenvalue weighted by Crippen LogP contribution is -2.30. The smallest absolute Gasteiger partial charge is 0.277 e. The summed E-state index contributed by atoms with van der Waals surface area (Å²) in [5.41, 5.74) is 8.14. The molecular weight excluding hydrogens is 322 g/mol. The van der Waals surface area contributed by atoms with Crippen LogP contribution in [-0.2, 0) is 6.54 Å². The van der Waals surface area contributed by atoms with Crippen molar-refractivity contribution >= 4 is 33.4 Å². The molecule has 0 radical (unpaired) electrons. The van der Waals surface area contributed by atoms with Crippen molar-refractivity contribution in [3.63, 3.8) is 0 Å². The number of H-pyrrole nitrogens is 1. The number of anilines is 3. The summed E-state index contributed by atoms with van der Waals surface area (Å²) in [6.45, 7) is 2.68. The Bertz CT molecular complexity index is 697. The SMILES string of the molecule is Cc1ccc(CN2c3nc(N)[nH]c(=O)c3NC2Br)cc1. The number of nitrogens with one attached hydrogen (secondary N) is 2. The lowest BCUT2D eigenvalue weighted by Gasteiger charge is -2.21. The van der Waals surface area contributed by atoms with Crippen molar-refractivity contribution in [2.45, 2.75) is 18.5 Å². The van der Waals surface area contributed by atoms with Gasteiger partial charge in [0.2, 0.25) is 5.95 Å². The van der Waals surface area contributed by atoms with Crippen molar-refractivity contribution in [3.05, 3.63) is 45.7 Å². The molecule has 104 valence electrons. The van der Waals surface area contributed by atoms with E-state index in [4.69, 9.17) is 5.73 Å². The first-order valence-corrected chi connectivity index (χ1v) is 7.09. The van der Waals surface area contributed by atoms with Crippen LogP contribution >= 0.6 is 15.9 Å². The van der Waals surface area contributed by atoms with Gasteiger partial charge in [-0.3, -0.25) is 9.78 Å². The number of aromatic amines is 1. The van der Waals surface area contributed by atoms with Gasteiger partial charge in [0.1, 0.15) is 5.69 Å². The van der Waals surface area contributed by atoms with E-state index >= 15 is 0 Å². The van der Waals surface area contributed by atoms with Gasteiger partial charge in [-0.15, -0.1) is 0 Å². The number of aryl methyl sites for hydroxylation is 1. The molecule has 0 amide bonds. The predicted molar refractivity (Wildman–Crippen MR) is 83.0 cm³/mol. The van der Waals surface area contributed by atoms with Crippen molar-refractivity contribution in [2.24, 2.45) is 0 Å². The van der Waals surface area contributed by atoms with E-state index in [2.05, 4.69) is 55.5 Å². The third-order valence-corrected chi connectivity index (χ3v) is 3.92. The minimum Gasteiger partial charge on any atom is -0.369 e. The molecule has 20 heavy (non-hydrogen) atoms. The second kappa shape index (κ2) is 4.82. The summed E-state index contributed by atoms with van der Waals surface area (Å²) in [7, 11) is 0. The molecular formula is C13H14BrN5O. The standard InChI is InChI=1S/C13H14BrN5O/c1-7-2-4-8(5-3-7)6-19-10-9(16-12(19)14)11(20)18-13(15)17-10/h2-5,12,16H,6H2,1H3,(H3,15,17,18,20). The molecule has 0 bridgehead atoms. The van der Waals surface area contributed by atoms with Crippen LogP contribution in [0.3, 0.4) is 0 Å². The van der Waals surface area contributed by atoms with Gasteiger partial charge < -0.3 is 16.0 Å². The van der Waals surface area contributed by atoms with Crippen LogP contribution < -0.4 is 21.5 Å². The summed E-state index contributed by atoms with van der Waals surface area (Å²) >= 11 is 3.50. The number of nitrogens with zero attached hydrogens (tertiary/aromatic N) is 2. The third kappa shape index (κ3) is 2.24.